The van der Waals surface area contributed by atoms with Crippen molar-refractivity contribution in [2.75, 3.05) is 6.61 Å². The molecule has 2 rings (SSSR count). The Bertz CT molecular complexity index is 304. The van der Waals surface area contributed by atoms with Crippen LogP contribution < -0.4 is 0 Å². The van der Waals surface area contributed by atoms with Crippen molar-refractivity contribution >= 4 is 6.09 Å². The summed E-state index contributed by atoms with van der Waals surface area (Å²) in [6, 6.07) is -0.0545. The van der Waals surface area contributed by atoms with Gasteiger partial charge in [-0.15, -0.1) is 0 Å². The minimum atomic E-state index is -0.468. The molecule has 4 nitrogen and oxygen atoms in total. The Hall–Kier alpha value is -0.770. The predicted octanol–water partition coefficient (Wildman–Crippen LogP) is 2.30. The summed E-state index contributed by atoms with van der Waals surface area (Å²) in [6.07, 6.45) is 4.91. The molecular formula is C13H23NO3. The molecule has 0 aromatic carbocycles. The van der Waals surface area contributed by atoms with Crippen molar-refractivity contribution in [3.05, 3.63) is 0 Å². The second-order valence-electron chi connectivity index (χ2n) is 6.30. The molecule has 1 aliphatic carbocycles. The zero-order valence-electron chi connectivity index (χ0n) is 11.0. The van der Waals surface area contributed by atoms with Gasteiger partial charge in [-0.3, -0.25) is 4.90 Å². The standard InChI is InChI=1S/C13H23NO3/c1-12(2,3)17-11(16)14-10(9-15)5-4-6-13(14)7-8-13/h10,15H,4-9H2,1-3H3. The summed E-state index contributed by atoms with van der Waals surface area (Å²) in [5.74, 6) is 0. The van der Waals surface area contributed by atoms with Gasteiger partial charge >= 0.3 is 6.09 Å². The van der Waals surface area contributed by atoms with Gasteiger partial charge in [0.15, 0.2) is 0 Å². The molecule has 4 heteroatoms. The summed E-state index contributed by atoms with van der Waals surface area (Å²) >= 11 is 0. The van der Waals surface area contributed by atoms with E-state index < -0.39 is 5.60 Å². The highest BCUT2D eigenvalue weighted by molar-refractivity contribution is 5.70. The van der Waals surface area contributed by atoms with Crippen LogP contribution in [-0.2, 0) is 4.74 Å². The minimum absolute atomic E-state index is 0.00792. The molecule has 1 saturated carbocycles. The maximum atomic E-state index is 12.2. The molecule has 1 heterocycles. The van der Waals surface area contributed by atoms with E-state index in [1.807, 2.05) is 25.7 Å². The average molecular weight is 241 g/mol. The van der Waals surface area contributed by atoms with E-state index in [9.17, 15) is 9.90 Å². The first-order chi connectivity index (χ1) is 7.88. The normalized spacial score (nSPS) is 27.1. The third-order valence-corrected chi connectivity index (χ3v) is 3.68. The Kier molecular flexibility index (Phi) is 3.10. The van der Waals surface area contributed by atoms with Gasteiger partial charge in [-0.2, -0.15) is 0 Å². The van der Waals surface area contributed by atoms with Crippen molar-refractivity contribution in [2.24, 2.45) is 0 Å². The molecule has 1 saturated heterocycles. The molecular weight excluding hydrogens is 218 g/mol. The van der Waals surface area contributed by atoms with Gasteiger partial charge in [0.1, 0.15) is 5.60 Å². The molecule has 1 aliphatic heterocycles. The third kappa shape index (κ3) is 2.57. The molecule has 0 radical (unpaired) electrons. The van der Waals surface area contributed by atoms with Gasteiger partial charge < -0.3 is 9.84 Å². The van der Waals surface area contributed by atoms with Crippen LogP contribution in [0.4, 0.5) is 4.79 Å². The summed E-state index contributed by atoms with van der Waals surface area (Å²) in [6.45, 7) is 5.67. The van der Waals surface area contributed by atoms with Gasteiger partial charge in [-0.1, -0.05) is 0 Å². The number of carbonyl (C=O) groups is 1. The van der Waals surface area contributed by atoms with Crippen LogP contribution in [0.3, 0.4) is 0 Å². The lowest BCUT2D eigenvalue weighted by Crippen LogP contribution is -2.54. The van der Waals surface area contributed by atoms with Gasteiger partial charge in [0.25, 0.3) is 0 Å². The van der Waals surface area contributed by atoms with Gasteiger partial charge in [-0.25, -0.2) is 4.79 Å². The van der Waals surface area contributed by atoms with Gasteiger partial charge in [-0.05, 0) is 52.9 Å². The number of aliphatic hydroxyl groups excluding tert-OH is 1. The van der Waals surface area contributed by atoms with E-state index in [1.165, 1.54) is 0 Å². The molecule has 1 atom stereocenters. The summed E-state index contributed by atoms with van der Waals surface area (Å²) < 4.78 is 5.46. The first-order valence-electron chi connectivity index (χ1n) is 6.51. The van der Waals surface area contributed by atoms with E-state index in [1.54, 1.807) is 0 Å². The zero-order valence-corrected chi connectivity index (χ0v) is 11.0. The minimum Gasteiger partial charge on any atom is -0.444 e. The van der Waals surface area contributed by atoms with Crippen molar-refractivity contribution in [2.45, 2.75) is 70.1 Å². The van der Waals surface area contributed by atoms with E-state index >= 15 is 0 Å². The molecule has 1 spiro atoms. The van der Waals surface area contributed by atoms with Crippen LogP contribution in [0.1, 0.15) is 52.9 Å². The molecule has 0 aromatic rings. The highest BCUT2D eigenvalue weighted by atomic mass is 16.6. The molecule has 0 aromatic heterocycles. The Morgan fingerprint density at radius 2 is 2.06 bits per heavy atom. The highest BCUT2D eigenvalue weighted by Gasteiger charge is 2.55. The van der Waals surface area contributed by atoms with E-state index in [2.05, 4.69) is 0 Å². The Labute approximate surface area is 103 Å². The zero-order chi connectivity index (χ0) is 12.7. The van der Waals surface area contributed by atoms with Crippen LogP contribution >= 0.6 is 0 Å². The molecule has 2 aliphatic rings. The predicted molar refractivity (Wildman–Crippen MR) is 64.8 cm³/mol. The van der Waals surface area contributed by atoms with Crippen LogP contribution in [-0.4, -0.2) is 39.9 Å². The molecule has 17 heavy (non-hydrogen) atoms. The summed E-state index contributed by atoms with van der Waals surface area (Å²) in [5, 5.41) is 9.42. The number of rotatable bonds is 1. The first kappa shape index (κ1) is 12.7. The Morgan fingerprint density at radius 1 is 1.41 bits per heavy atom. The van der Waals surface area contributed by atoms with E-state index in [0.717, 1.165) is 32.1 Å². The van der Waals surface area contributed by atoms with Crippen molar-refractivity contribution in [3.8, 4) is 0 Å². The lowest BCUT2D eigenvalue weighted by atomic mass is 9.94. The fourth-order valence-corrected chi connectivity index (χ4v) is 2.77. The summed E-state index contributed by atoms with van der Waals surface area (Å²) in [7, 11) is 0. The van der Waals surface area contributed by atoms with Gasteiger partial charge in [0.2, 0.25) is 0 Å². The molecule has 98 valence electrons. The average Bonchev–Trinajstić information content (AvgIpc) is 2.95. The van der Waals surface area contributed by atoms with Crippen molar-refractivity contribution in [3.63, 3.8) is 0 Å². The second-order valence-corrected chi connectivity index (χ2v) is 6.30. The van der Waals surface area contributed by atoms with Gasteiger partial charge in [0.05, 0.1) is 12.6 Å². The number of aliphatic hydroxyl groups is 1. The van der Waals surface area contributed by atoms with Crippen LogP contribution in [0.2, 0.25) is 0 Å². The molecule has 1 amide bonds. The molecule has 2 fully saturated rings. The second kappa shape index (κ2) is 4.16. The number of carbonyl (C=O) groups excluding carboxylic acids is 1. The molecule has 1 N–H and O–H groups in total. The number of hydrogen-bond donors (Lipinski definition) is 1. The number of hydrogen-bond acceptors (Lipinski definition) is 3. The lowest BCUT2D eigenvalue weighted by Gasteiger charge is -2.42. The van der Waals surface area contributed by atoms with Gasteiger partial charge in [0, 0.05) is 5.54 Å². The van der Waals surface area contributed by atoms with Crippen LogP contribution in [0, 0.1) is 0 Å². The number of piperidine rings is 1. The Balaban J connectivity index is 2.11. The van der Waals surface area contributed by atoms with E-state index in [-0.39, 0.29) is 24.3 Å². The Morgan fingerprint density at radius 3 is 2.53 bits per heavy atom. The number of nitrogens with zero attached hydrogens (tertiary/aromatic N) is 1. The molecule has 1 unspecified atom stereocenters. The maximum absolute atomic E-state index is 12.2. The van der Waals surface area contributed by atoms with Crippen molar-refractivity contribution < 1.29 is 14.6 Å². The smallest absolute Gasteiger partial charge is 0.411 e. The quantitative estimate of drug-likeness (QED) is 0.766. The fourth-order valence-electron chi connectivity index (χ4n) is 2.77. The number of ether oxygens (including phenoxy) is 1. The lowest BCUT2D eigenvalue weighted by molar-refractivity contribution is -0.0208. The highest BCUT2D eigenvalue weighted by Crippen LogP contribution is 2.50. The van der Waals surface area contributed by atoms with E-state index in [4.69, 9.17) is 4.74 Å². The first-order valence-corrected chi connectivity index (χ1v) is 6.51. The number of amides is 1. The fraction of sp³-hybridized carbons (Fsp3) is 0.923. The summed E-state index contributed by atoms with van der Waals surface area (Å²) in [4.78, 5) is 14.1. The topological polar surface area (TPSA) is 49.8 Å². The van der Waals surface area contributed by atoms with Crippen LogP contribution in [0.5, 0.6) is 0 Å². The van der Waals surface area contributed by atoms with Crippen LogP contribution in [0.25, 0.3) is 0 Å². The number of likely N-dealkylation sites (tertiary alicyclic amines) is 1. The van der Waals surface area contributed by atoms with Crippen LogP contribution in [0.15, 0.2) is 0 Å². The SMILES string of the molecule is CC(C)(C)OC(=O)N1C(CO)CCCC12CC2. The maximum Gasteiger partial charge on any atom is 0.411 e. The molecule has 0 bridgehead atoms. The van der Waals surface area contributed by atoms with E-state index in [0.29, 0.717) is 0 Å². The van der Waals surface area contributed by atoms with Crippen molar-refractivity contribution in [1.29, 1.82) is 0 Å². The summed E-state index contributed by atoms with van der Waals surface area (Å²) in [5.41, 5.74) is -0.460. The largest absolute Gasteiger partial charge is 0.444 e. The van der Waals surface area contributed by atoms with Crippen molar-refractivity contribution in [1.82, 2.24) is 4.90 Å². The third-order valence-electron chi connectivity index (χ3n) is 3.68. The monoisotopic (exact) mass is 241 g/mol.